The van der Waals surface area contributed by atoms with E-state index in [9.17, 15) is 5.11 Å². The van der Waals surface area contributed by atoms with Crippen LogP contribution in [0.15, 0.2) is 34.2 Å². The van der Waals surface area contributed by atoms with Gasteiger partial charge in [-0.1, -0.05) is 0 Å². The van der Waals surface area contributed by atoms with Crippen molar-refractivity contribution in [1.29, 1.82) is 0 Å². The largest absolute Gasteiger partial charge is 0.507 e. The monoisotopic (exact) mass is 427 g/mol. The number of benzene rings is 2. The number of rotatable bonds is 7. The Labute approximate surface area is 183 Å². The van der Waals surface area contributed by atoms with E-state index in [-0.39, 0.29) is 11.6 Å². The number of hydrogen-bond acceptors (Lipinski definition) is 4. The summed E-state index contributed by atoms with van der Waals surface area (Å²) in [5.74, 6) is 2.56. The van der Waals surface area contributed by atoms with Crippen LogP contribution in [0.3, 0.4) is 0 Å². The Morgan fingerprint density at radius 3 is 2.47 bits per heavy atom. The van der Waals surface area contributed by atoms with Gasteiger partial charge in [0.05, 0.1) is 5.69 Å². The van der Waals surface area contributed by atoms with Crippen LogP contribution in [0.2, 0.25) is 0 Å². The summed E-state index contributed by atoms with van der Waals surface area (Å²) in [6.45, 7) is 8.23. The number of aliphatic imine (C=N–C) groups is 1. The number of phenols is 1. The lowest BCUT2D eigenvalue weighted by Crippen LogP contribution is -2.37. The van der Waals surface area contributed by atoms with Crippen molar-refractivity contribution in [2.75, 3.05) is 5.75 Å². The fourth-order valence-corrected chi connectivity index (χ4v) is 4.94. The third-order valence-corrected chi connectivity index (χ3v) is 7.15. The number of hydrogen-bond donors (Lipinski definition) is 3. The average molecular weight is 428 g/mol. The number of nitrogens with zero attached hydrogens (tertiary/aromatic N) is 1. The molecule has 1 heterocycles. The Morgan fingerprint density at radius 2 is 1.80 bits per heavy atom. The normalized spacial score (nSPS) is 17.9. The van der Waals surface area contributed by atoms with Gasteiger partial charge in [0.2, 0.25) is 0 Å². The highest BCUT2D eigenvalue weighted by Gasteiger charge is 2.34. The molecule has 30 heavy (non-hydrogen) atoms. The maximum atomic E-state index is 10.3. The molecule has 6 heteroatoms. The number of phenolic OH excluding ortho intramolecular Hbond substituents is 1. The van der Waals surface area contributed by atoms with Crippen LogP contribution < -0.4 is 16.2 Å². The van der Waals surface area contributed by atoms with E-state index in [1.54, 1.807) is 0 Å². The van der Waals surface area contributed by atoms with Crippen LogP contribution in [0.25, 0.3) is 0 Å². The number of ether oxygens (including phenoxy) is 1. The van der Waals surface area contributed by atoms with E-state index in [1.807, 2.05) is 44.7 Å². The maximum absolute atomic E-state index is 10.3. The molecule has 1 aliphatic rings. The first-order valence-electron chi connectivity index (χ1n) is 10.5. The molecule has 0 radical (unpaired) electrons. The molecule has 0 aromatic heterocycles. The minimum atomic E-state index is -0.139. The Kier molecular flexibility index (Phi) is 6.86. The number of unbranched alkanes of at least 4 members (excludes halogenated alkanes) is 1. The van der Waals surface area contributed by atoms with Gasteiger partial charge in [0, 0.05) is 10.5 Å². The zero-order valence-corrected chi connectivity index (χ0v) is 19.2. The standard InChI is InChI=1S/C24H33N3O2S/c1-15-16(2)22-20(17(3)21(15)28)11-13-24(4,29-22)12-5-6-14-30-19-9-7-18(8-10-19)27-23(25)26/h7-10,28H,5-6,11-14H2,1-4H3,(H4,25,26,27). The van der Waals surface area contributed by atoms with Crippen molar-refractivity contribution in [2.24, 2.45) is 16.5 Å². The minimum Gasteiger partial charge on any atom is -0.507 e. The van der Waals surface area contributed by atoms with Gasteiger partial charge in [-0.05, 0) is 107 Å². The fourth-order valence-electron chi connectivity index (χ4n) is 4.03. The molecule has 0 bridgehead atoms. The number of guanidine groups is 1. The van der Waals surface area contributed by atoms with Crippen LogP contribution in [0.4, 0.5) is 5.69 Å². The molecule has 5 N–H and O–H groups in total. The first-order valence-corrected chi connectivity index (χ1v) is 11.5. The van der Waals surface area contributed by atoms with Crippen molar-refractivity contribution < 1.29 is 9.84 Å². The SMILES string of the molecule is Cc1c(C)c2c(c(C)c1O)CCC(C)(CCCCSc1ccc(N=C(N)N)cc1)O2. The Bertz CT molecular complexity index is 937. The van der Waals surface area contributed by atoms with Crippen LogP contribution >= 0.6 is 11.8 Å². The molecule has 0 saturated heterocycles. The molecule has 5 nitrogen and oxygen atoms in total. The minimum absolute atomic E-state index is 0.0776. The Morgan fingerprint density at radius 1 is 1.10 bits per heavy atom. The van der Waals surface area contributed by atoms with Gasteiger partial charge >= 0.3 is 0 Å². The summed E-state index contributed by atoms with van der Waals surface area (Å²) < 4.78 is 6.53. The van der Waals surface area contributed by atoms with Gasteiger partial charge in [0.1, 0.15) is 17.1 Å². The predicted octanol–water partition coefficient (Wildman–Crippen LogP) is 5.27. The molecule has 1 unspecified atom stereocenters. The molecule has 0 saturated carbocycles. The zero-order chi connectivity index (χ0) is 21.9. The van der Waals surface area contributed by atoms with E-state index in [0.717, 1.165) is 66.0 Å². The van der Waals surface area contributed by atoms with Crippen molar-refractivity contribution in [2.45, 2.75) is 70.3 Å². The molecule has 1 aliphatic heterocycles. The first-order chi connectivity index (χ1) is 14.2. The molecule has 0 amide bonds. The van der Waals surface area contributed by atoms with Crippen LogP contribution in [0.1, 0.15) is 54.9 Å². The van der Waals surface area contributed by atoms with Crippen LogP contribution in [-0.4, -0.2) is 22.4 Å². The van der Waals surface area contributed by atoms with E-state index >= 15 is 0 Å². The van der Waals surface area contributed by atoms with E-state index in [0.29, 0.717) is 5.75 Å². The molecule has 0 aliphatic carbocycles. The van der Waals surface area contributed by atoms with Gasteiger partial charge in [0.15, 0.2) is 5.96 Å². The summed E-state index contributed by atoms with van der Waals surface area (Å²) in [5.41, 5.74) is 15.6. The molecule has 1 atom stereocenters. The van der Waals surface area contributed by atoms with Crippen LogP contribution in [-0.2, 0) is 6.42 Å². The zero-order valence-electron chi connectivity index (χ0n) is 18.4. The molecule has 0 spiro atoms. The third kappa shape index (κ3) is 5.04. The van der Waals surface area contributed by atoms with Crippen molar-refractivity contribution in [3.63, 3.8) is 0 Å². The van der Waals surface area contributed by atoms with E-state index < -0.39 is 0 Å². The lowest BCUT2D eigenvalue weighted by atomic mass is 9.85. The van der Waals surface area contributed by atoms with E-state index in [2.05, 4.69) is 24.0 Å². The van der Waals surface area contributed by atoms with Crippen LogP contribution in [0, 0.1) is 20.8 Å². The highest BCUT2D eigenvalue weighted by atomic mass is 32.2. The van der Waals surface area contributed by atoms with Gasteiger partial charge < -0.3 is 21.3 Å². The molecule has 2 aromatic rings. The quantitative estimate of drug-likeness (QED) is 0.242. The summed E-state index contributed by atoms with van der Waals surface area (Å²) in [4.78, 5) is 5.26. The molecule has 2 aromatic carbocycles. The fraction of sp³-hybridized carbons (Fsp3) is 0.458. The second-order valence-electron chi connectivity index (χ2n) is 8.42. The van der Waals surface area contributed by atoms with Gasteiger partial charge in [-0.2, -0.15) is 0 Å². The molecular weight excluding hydrogens is 394 g/mol. The van der Waals surface area contributed by atoms with Crippen LogP contribution in [0.5, 0.6) is 11.5 Å². The number of nitrogens with two attached hydrogens (primary N) is 2. The number of fused-ring (bicyclic) bond motifs is 1. The first kappa shape index (κ1) is 22.3. The lowest BCUT2D eigenvalue weighted by Gasteiger charge is -2.38. The number of thioether (sulfide) groups is 1. The van der Waals surface area contributed by atoms with Gasteiger partial charge in [-0.3, -0.25) is 0 Å². The summed E-state index contributed by atoms with van der Waals surface area (Å²) in [5, 5.41) is 10.3. The average Bonchev–Trinajstić information content (AvgIpc) is 2.71. The van der Waals surface area contributed by atoms with Gasteiger partial charge in [0.25, 0.3) is 0 Å². The lowest BCUT2D eigenvalue weighted by molar-refractivity contribution is 0.0528. The second-order valence-corrected chi connectivity index (χ2v) is 9.59. The third-order valence-electron chi connectivity index (χ3n) is 6.06. The van der Waals surface area contributed by atoms with E-state index in [4.69, 9.17) is 16.2 Å². The molecule has 3 rings (SSSR count). The van der Waals surface area contributed by atoms with Crippen molar-refractivity contribution in [1.82, 2.24) is 0 Å². The van der Waals surface area contributed by atoms with E-state index in [1.165, 1.54) is 10.5 Å². The second kappa shape index (κ2) is 9.21. The van der Waals surface area contributed by atoms with Crippen molar-refractivity contribution in [3.05, 3.63) is 46.5 Å². The highest BCUT2D eigenvalue weighted by Crippen LogP contribution is 2.44. The summed E-state index contributed by atoms with van der Waals surface area (Å²) in [7, 11) is 0. The molecular formula is C24H33N3O2S. The summed E-state index contributed by atoms with van der Waals surface area (Å²) >= 11 is 1.85. The topological polar surface area (TPSA) is 93.9 Å². The number of aromatic hydroxyl groups is 1. The highest BCUT2D eigenvalue weighted by molar-refractivity contribution is 7.99. The summed E-state index contributed by atoms with van der Waals surface area (Å²) in [6, 6.07) is 7.97. The maximum Gasteiger partial charge on any atom is 0.191 e. The van der Waals surface area contributed by atoms with Crippen molar-refractivity contribution >= 4 is 23.4 Å². The smallest absolute Gasteiger partial charge is 0.191 e. The molecule has 162 valence electrons. The predicted molar refractivity (Wildman–Crippen MR) is 126 cm³/mol. The van der Waals surface area contributed by atoms with Gasteiger partial charge in [-0.15, -0.1) is 11.8 Å². The van der Waals surface area contributed by atoms with Crippen molar-refractivity contribution in [3.8, 4) is 11.5 Å². The van der Waals surface area contributed by atoms with Gasteiger partial charge in [-0.25, -0.2) is 4.99 Å². The summed E-state index contributed by atoms with van der Waals surface area (Å²) in [6.07, 6.45) is 5.25. The molecule has 0 fully saturated rings. The Hall–Kier alpha value is -2.34. The Balaban J connectivity index is 1.51.